The van der Waals surface area contributed by atoms with Crippen molar-refractivity contribution in [3.05, 3.63) is 28.8 Å². The van der Waals surface area contributed by atoms with Crippen molar-refractivity contribution in [3.63, 3.8) is 0 Å². The van der Waals surface area contributed by atoms with E-state index in [1.165, 1.54) is 6.08 Å². The minimum Gasteiger partial charge on any atom is -0.507 e. The fraction of sp³-hybridized carbons (Fsp3) is 0.474. The highest BCUT2D eigenvalue weighted by Gasteiger charge is 2.45. The van der Waals surface area contributed by atoms with Crippen molar-refractivity contribution < 1.29 is 54.4 Å². The second-order valence-corrected chi connectivity index (χ2v) is 6.97. The van der Waals surface area contributed by atoms with Gasteiger partial charge in [-0.3, -0.25) is 4.79 Å². The summed E-state index contributed by atoms with van der Waals surface area (Å²) in [6.45, 7) is 0.478. The maximum absolute atomic E-state index is 11.8. The van der Waals surface area contributed by atoms with Crippen LogP contribution in [-0.4, -0.2) is 86.3 Å². The summed E-state index contributed by atoms with van der Waals surface area (Å²) in [4.78, 5) is 23.6. The van der Waals surface area contributed by atoms with Gasteiger partial charge in [0.25, 0.3) is 0 Å². The summed E-state index contributed by atoms with van der Waals surface area (Å²) in [6.07, 6.45) is -6.67. The summed E-state index contributed by atoms with van der Waals surface area (Å²) in [5.41, 5.74) is -0.290. The van der Waals surface area contributed by atoms with E-state index < -0.39 is 66.1 Å². The van der Waals surface area contributed by atoms with Gasteiger partial charge in [-0.2, -0.15) is 0 Å². The van der Waals surface area contributed by atoms with Crippen molar-refractivity contribution >= 4 is 11.8 Å². The first-order valence-electron chi connectivity index (χ1n) is 9.07. The van der Waals surface area contributed by atoms with Crippen LogP contribution in [0.1, 0.15) is 22.8 Å². The molecule has 11 heteroatoms. The lowest BCUT2D eigenvalue weighted by Crippen LogP contribution is -2.60. The fourth-order valence-corrected chi connectivity index (χ4v) is 3.31. The largest absolute Gasteiger partial charge is 0.507 e. The fourth-order valence-electron chi connectivity index (χ4n) is 3.31. The van der Waals surface area contributed by atoms with Crippen LogP contribution in [0.3, 0.4) is 0 Å². The number of benzene rings is 1. The monoisotopic (exact) mass is 426 g/mol. The third-order valence-electron chi connectivity index (χ3n) is 4.96. The number of phenols is 2. The second kappa shape index (κ2) is 8.58. The summed E-state index contributed by atoms with van der Waals surface area (Å²) in [5, 5.41) is 60.0. The SMILES string of the molecule is CC(=O)c1c(O)cc(O[C@@H]2O[C@H](CO)[C@@H](O)[C@H](O)[C@H]2O)c(CC2=CCOC2=O)c1O. The van der Waals surface area contributed by atoms with Crippen LogP contribution in [0.5, 0.6) is 17.2 Å². The van der Waals surface area contributed by atoms with E-state index in [1.807, 2.05) is 0 Å². The van der Waals surface area contributed by atoms with Crippen molar-refractivity contribution in [2.45, 2.75) is 44.1 Å². The number of ether oxygens (including phenoxy) is 3. The second-order valence-electron chi connectivity index (χ2n) is 6.97. The van der Waals surface area contributed by atoms with Gasteiger partial charge < -0.3 is 44.8 Å². The molecule has 0 radical (unpaired) electrons. The predicted octanol–water partition coefficient (Wildman–Crippen LogP) is -1.50. The molecule has 2 aliphatic rings. The van der Waals surface area contributed by atoms with Crippen LogP contribution in [-0.2, 0) is 20.7 Å². The van der Waals surface area contributed by atoms with Gasteiger partial charge in [0.05, 0.1) is 6.61 Å². The Morgan fingerprint density at radius 1 is 1.20 bits per heavy atom. The number of rotatable bonds is 6. The molecule has 2 heterocycles. The molecule has 1 aromatic rings. The molecule has 1 fully saturated rings. The van der Waals surface area contributed by atoms with Crippen LogP contribution < -0.4 is 4.74 Å². The summed E-state index contributed by atoms with van der Waals surface area (Å²) < 4.78 is 15.6. The number of ketones is 1. The van der Waals surface area contributed by atoms with Crippen LogP contribution in [0.15, 0.2) is 17.7 Å². The Hall–Kier alpha value is -2.70. The Labute approximate surface area is 170 Å². The zero-order chi connectivity index (χ0) is 22.2. The van der Waals surface area contributed by atoms with Gasteiger partial charge in [0.2, 0.25) is 6.29 Å². The molecular weight excluding hydrogens is 404 g/mol. The first-order chi connectivity index (χ1) is 14.1. The van der Waals surface area contributed by atoms with Crippen LogP contribution in [0.2, 0.25) is 0 Å². The van der Waals surface area contributed by atoms with Crippen molar-refractivity contribution in [1.82, 2.24) is 0 Å². The van der Waals surface area contributed by atoms with Crippen LogP contribution in [0, 0.1) is 0 Å². The molecule has 0 amide bonds. The van der Waals surface area contributed by atoms with Crippen LogP contribution >= 0.6 is 0 Å². The Bertz CT molecular complexity index is 876. The van der Waals surface area contributed by atoms with E-state index in [0.29, 0.717) is 0 Å². The van der Waals surface area contributed by atoms with E-state index in [4.69, 9.17) is 14.2 Å². The number of carbonyl (C=O) groups excluding carboxylic acids is 2. The Kier molecular flexibility index (Phi) is 6.29. The lowest BCUT2D eigenvalue weighted by molar-refractivity contribution is -0.277. The van der Waals surface area contributed by atoms with E-state index in [9.17, 15) is 40.2 Å². The molecule has 0 bridgehead atoms. The Balaban J connectivity index is 2.00. The van der Waals surface area contributed by atoms with Gasteiger partial charge in [0.1, 0.15) is 53.8 Å². The van der Waals surface area contributed by atoms with E-state index in [2.05, 4.69) is 0 Å². The molecule has 1 aromatic carbocycles. The molecule has 164 valence electrons. The molecule has 0 unspecified atom stereocenters. The van der Waals surface area contributed by atoms with Gasteiger partial charge in [0.15, 0.2) is 5.78 Å². The van der Waals surface area contributed by atoms with Gasteiger partial charge in [-0.25, -0.2) is 4.79 Å². The maximum Gasteiger partial charge on any atom is 0.334 e. The number of aliphatic hydroxyl groups is 4. The van der Waals surface area contributed by atoms with Gasteiger partial charge >= 0.3 is 5.97 Å². The summed E-state index contributed by atoms with van der Waals surface area (Å²) in [6, 6.07) is 0.994. The molecule has 11 nitrogen and oxygen atoms in total. The van der Waals surface area contributed by atoms with E-state index in [1.54, 1.807) is 0 Å². The van der Waals surface area contributed by atoms with Crippen molar-refractivity contribution in [2.75, 3.05) is 13.2 Å². The molecule has 0 spiro atoms. The van der Waals surface area contributed by atoms with E-state index in [-0.39, 0.29) is 29.9 Å². The average Bonchev–Trinajstić information content (AvgIpc) is 3.09. The molecule has 30 heavy (non-hydrogen) atoms. The lowest BCUT2D eigenvalue weighted by Gasteiger charge is -2.39. The molecular formula is C19H22O11. The third kappa shape index (κ3) is 3.98. The number of aliphatic hydroxyl groups excluding tert-OH is 4. The summed E-state index contributed by atoms with van der Waals surface area (Å²) in [5.74, 6) is -2.78. The standard InChI is InChI=1S/C19H22O11/c1-7(21)13-10(22)5-11(9(14(13)23)4-8-2-3-28-18(8)27)29-19-17(26)16(25)15(24)12(6-20)30-19/h2,5,12,15-17,19-20,22-26H,3-4,6H2,1H3/t12-,15-,16+,17-,19-/m1/s1. The molecule has 0 saturated carbocycles. The molecule has 6 N–H and O–H groups in total. The van der Waals surface area contributed by atoms with Gasteiger partial charge in [-0.05, 0) is 13.0 Å². The first kappa shape index (κ1) is 22.0. The Morgan fingerprint density at radius 2 is 1.90 bits per heavy atom. The number of hydrogen-bond donors (Lipinski definition) is 6. The first-order valence-corrected chi connectivity index (χ1v) is 9.07. The quantitative estimate of drug-likeness (QED) is 0.230. The number of Topliss-reactive ketones (excluding diaryl/α,β-unsaturated/α-hetero) is 1. The number of cyclic esters (lactones) is 1. The zero-order valence-corrected chi connectivity index (χ0v) is 15.9. The molecule has 3 rings (SSSR count). The zero-order valence-electron chi connectivity index (χ0n) is 15.9. The molecule has 0 aromatic heterocycles. The number of carbonyl (C=O) groups is 2. The maximum atomic E-state index is 11.8. The van der Waals surface area contributed by atoms with Gasteiger partial charge in [-0.15, -0.1) is 0 Å². The van der Waals surface area contributed by atoms with Gasteiger partial charge in [-0.1, -0.05) is 0 Å². The van der Waals surface area contributed by atoms with Crippen LogP contribution in [0.25, 0.3) is 0 Å². The Morgan fingerprint density at radius 3 is 2.47 bits per heavy atom. The smallest absolute Gasteiger partial charge is 0.334 e. The van der Waals surface area contributed by atoms with Crippen molar-refractivity contribution in [3.8, 4) is 17.2 Å². The highest BCUT2D eigenvalue weighted by Crippen LogP contribution is 2.41. The molecule has 5 atom stereocenters. The molecule has 0 aliphatic carbocycles. The normalized spacial score (nSPS) is 28.8. The van der Waals surface area contributed by atoms with E-state index in [0.717, 1.165) is 13.0 Å². The molecule has 1 saturated heterocycles. The number of phenolic OH excluding ortho intramolecular Hbond substituents is 2. The average molecular weight is 426 g/mol. The third-order valence-corrected chi connectivity index (χ3v) is 4.96. The lowest BCUT2D eigenvalue weighted by atomic mass is 9.97. The van der Waals surface area contributed by atoms with Crippen molar-refractivity contribution in [2.24, 2.45) is 0 Å². The van der Waals surface area contributed by atoms with E-state index >= 15 is 0 Å². The van der Waals surface area contributed by atoms with Gasteiger partial charge in [0, 0.05) is 23.6 Å². The summed E-state index contributed by atoms with van der Waals surface area (Å²) in [7, 11) is 0. The minimum atomic E-state index is -1.75. The summed E-state index contributed by atoms with van der Waals surface area (Å²) >= 11 is 0. The van der Waals surface area contributed by atoms with Crippen molar-refractivity contribution in [1.29, 1.82) is 0 Å². The predicted molar refractivity (Wildman–Crippen MR) is 96.9 cm³/mol. The minimum absolute atomic E-state index is 0.0372. The number of esters is 1. The van der Waals surface area contributed by atoms with Crippen LogP contribution in [0.4, 0.5) is 0 Å². The highest BCUT2D eigenvalue weighted by molar-refractivity contribution is 6.00. The number of hydrogen-bond acceptors (Lipinski definition) is 11. The topological polar surface area (TPSA) is 183 Å². The number of aromatic hydroxyl groups is 2. The highest BCUT2D eigenvalue weighted by atomic mass is 16.7. The molecule has 2 aliphatic heterocycles.